The molecule has 1 atom stereocenters. The summed E-state index contributed by atoms with van der Waals surface area (Å²) in [7, 11) is 0. The number of aromatic nitrogens is 3. The summed E-state index contributed by atoms with van der Waals surface area (Å²) in [4.78, 5) is 26.4. The lowest BCUT2D eigenvalue weighted by molar-refractivity contribution is -0.158. The number of carbonyl (C=O) groups excluding carboxylic acids is 1. The highest BCUT2D eigenvalue weighted by Gasteiger charge is 2.47. The van der Waals surface area contributed by atoms with Crippen molar-refractivity contribution >= 4 is 29.3 Å². The van der Waals surface area contributed by atoms with E-state index in [4.69, 9.17) is 4.74 Å². The number of ether oxygens (including phenoxy) is 1. The number of hydrogen-bond donors (Lipinski definition) is 1. The first-order chi connectivity index (χ1) is 16.8. The molecule has 8 nitrogen and oxygen atoms in total. The van der Waals surface area contributed by atoms with E-state index in [1.54, 1.807) is 17.8 Å². The van der Waals surface area contributed by atoms with Gasteiger partial charge in [-0.15, -0.1) is 11.8 Å². The fraction of sp³-hybridized carbons (Fsp3) is 0.292. The average Bonchev–Trinajstić information content (AvgIpc) is 2.85. The standard InChI is InChI=1S/C24H22F2N6O2S/c1-15(33)32-10-9-21(24(25,26)13-32)34-20-8-3-16(11-17(20)12-27)22-28-14-29-23(31-22)30-18-4-6-19(35-2)7-5-18/h3-8,11,14,21H,9-10,13H2,1-2H3,(H,28,29,30,31). The minimum absolute atomic E-state index is 0.0403. The number of thioether (sulfide) groups is 1. The fourth-order valence-corrected chi connectivity index (χ4v) is 4.05. The Morgan fingerprint density at radius 3 is 2.69 bits per heavy atom. The maximum atomic E-state index is 14.6. The molecule has 1 unspecified atom stereocenters. The number of amides is 1. The molecule has 11 heteroatoms. The van der Waals surface area contributed by atoms with Crippen molar-refractivity contribution < 1.29 is 18.3 Å². The summed E-state index contributed by atoms with van der Waals surface area (Å²) in [6, 6.07) is 14.3. The monoisotopic (exact) mass is 496 g/mol. The van der Waals surface area contributed by atoms with Crippen molar-refractivity contribution in [3.8, 4) is 23.2 Å². The van der Waals surface area contributed by atoms with Crippen molar-refractivity contribution in [2.45, 2.75) is 30.3 Å². The quantitative estimate of drug-likeness (QED) is 0.497. The lowest BCUT2D eigenvalue weighted by Gasteiger charge is -2.37. The summed E-state index contributed by atoms with van der Waals surface area (Å²) < 4.78 is 34.7. The van der Waals surface area contributed by atoms with Crippen LogP contribution in [-0.2, 0) is 4.79 Å². The Labute approximate surface area is 205 Å². The number of nitriles is 1. The number of likely N-dealkylation sites (tertiary alicyclic amines) is 1. The molecular formula is C24H22F2N6O2S. The van der Waals surface area contributed by atoms with Gasteiger partial charge in [0.15, 0.2) is 11.9 Å². The normalized spacial score (nSPS) is 16.9. The highest BCUT2D eigenvalue weighted by Crippen LogP contribution is 2.33. The molecule has 0 bridgehead atoms. The third kappa shape index (κ3) is 5.66. The Morgan fingerprint density at radius 1 is 1.26 bits per heavy atom. The van der Waals surface area contributed by atoms with Gasteiger partial charge in [0.2, 0.25) is 11.9 Å². The largest absolute Gasteiger partial charge is 0.483 e. The van der Waals surface area contributed by atoms with E-state index in [1.807, 2.05) is 36.6 Å². The van der Waals surface area contributed by atoms with Gasteiger partial charge in [0.05, 0.1) is 12.1 Å². The average molecular weight is 497 g/mol. The van der Waals surface area contributed by atoms with Crippen molar-refractivity contribution in [3.05, 3.63) is 54.4 Å². The second-order valence-electron chi connectivity index (χ2n) is 7.91. The molecule has 2 aromatic carbocycles. The molecule has 180 valence electrons. The van der Waals surface area contributed by atoms with Gasteiger partial charge in [-0.25, -0.2) is 18.7 Å². The van der Waals surface area contributed by atoms with Crippen molar-refractivity contribution in [3.63, 3.8) is 0 Å². The van der Waals surface area contributed by atoms with E-state index in [-0.39, 0.29) is 24.3 Å². The molecule has 1 amide bonds. The Hall–Kier alpha value is -3.78. The van der Waals surface area contributed by atoms with Gasteiger partial charge in [-0.2, -0.15) is 10.2 Å². The highest BCUT2D eigenvalue weighted by atomic mass is 32.2. The molecule has 0 saturated carbocycles. The molecule has 2 heterocycles. The van der Waals surface area contributed by atoms with Crippen LogP contribution in [0.15, 0.2) is 53.7 Å². The molecular weight excluding hydrogens is 474 g/mol. The van der Waals surface area contributed by atoms with E-state index < -0.39 is 24.5 Å². The smallest absolute Gasteiger partial charge is 0.301 e. The van der Waals surface area contributed by atoms with Crippen LogP contribution in [0.25, 0.3) is 11.4 Å². The molecule has 1 aliphatic heterocycles. The summed E-state index contributed by atoms with van der Waals surface area (Å²) in [5, 5.41) is 12.7. The van der Waals surface area contributed by atoms with Crippen LogP contribution in [0.3, 0.4) is 0 Å². The van der Waals surface area contributed by atoms with E-state index in [0.29, 0.717) is 17.3 Å². The molecule has 0 aliphatic carbocycles. The minimum atomic E-state index is -3.24. The Morgan fingerprint density at radius 2 is 2.03 bits per heavy atom. The highest BCUT2D eigenvalue weighted by molar-refractivity contribution is 7.98. The number of hydrogen-bond acceptors (Lipinski definition) is 8. The maximum Gasteiger partial charge on any atom is 0.301 e. The number of alkyl halides is 2. The topological polar surface area (TPSA) is 104 Å². The number of nitrogens with one attached hydrogen (secondary N) is 1. The van der Waals surface area contributed by atoms with Crippen LogP contribution >= 0.6 is 11.8 Å². The van der Waals surface area contributed by atoms with Gasteiger partial charge < -0.3 is 15.0 Å². The minimum Gasteiger partial charge on any atom is -0.483 e. The van der Waals surface area contributed by atoms with Crippen LogP contribution in [0.1, 0.15) is 18.9 Å². The second-order valence-corrected chi connectivity index (χ2v) is 8.79. The summed E-state index contributed by atoms with van der Waals surface area (Å²) >= 11 is 1.64. The van der Waals surface area contributed by atoms with Crippen molar-refractivity contribution in [1.29, 1.82) is 5.26 Å². The zero-order chi connectivity index (χ0) is 25.0. The lowest BCUT2D eigenvalue weighted by Crippen LogP contribution is -2.54. The molecule has 1 saturated heterocycles. The van der Waals surface area contributed by atoms with E-state index in [2.05, 4.69) is 20.3 Å². The summed E-state index contributed by atoms with van der Waals surface area (Å²) in [5.74, 6) is -2.97. The first-order valence-corrected chi connectivity index (χ1v) is 12.0. The van der Waals surface area contributed by atoms with Crippen LogP contribution in [0.5, 0.6) is 5.75 Å². The Bertz CT molecular complexity index is 1270. The molecule has 0 radical (unpaired) electrons. The first-order valence-electron chi connectivity index (χ1n) is 10.7. The van der Waals surface area contributed by atoms with E-state index in [9.17, 15) is 18.8 Å². The zero-order valence-corrected chi connectivity index (χ0v) is 19.9. The maximum absolute atomic E-state index is 14.6. The molecule has 4 rings (SSSR count). The van der Waals surface area contributed by atoms with Gasteiger partial charge in [0, 0.05) is 36.0 Å². The molecule has 1 aliphatic rings. The van der Waals surface area contributed by atoms with Gasteiger partial charge in [0.25, 0.3) is 0 Å². The number of anilines is 2. The Balaban J connectivity index is 1.52. The van der Waals surface area contributed by atoms with Crippen LogP contribution in [0.4, 0.5) is 20.4 Å². The zero-order valence-electron chi connectivity index (χ0n) is 19.0. The van der Waals surface area contributed by atoms with Gasteiger partial charge in [-0.1, -0.05) is 0 Å². The number of rotatable bonds is 6. The molecule has 3 aromatic rings. The second kappa shape index (κ2) is 10.2. The molecule has 35 heavy (non-hydrogen) atoms. The van der Waals surface area contributed by atoms with Crippen LogP contribution in [-0.4, -0.2) is 57.1 Å². The molecule has 0 spiro atoms. The fourth-order valence-electron chi connectivity index (χ4n) is 3.65. The predicted molar refractivity (Wildman–Crippen MR) is 128 cm³/mol. The summed E-state index contributed by atoms with van der Waals surface area (Å²) in [6.45, 7) is 0.705. The third-order valence-electron chi connectivity index (χ3n) is 5.52. The molecule has 1 fully saturated rings. The van der Waals surface area contributed by atoms with Gasteiger partial charge in [-0.3, -0.25) is 4.79 Å². The van der Waals surface area contributed by atoms with Crippen LogP contribution < -0.4 is 10.1 Å². The van der Waals surface area contributed by atoms with Crippen LogP contribution in [0.2, 0.25) is 0 Å². The number of benzene rings is 2. The lowest BCUT2D eigenvalue weighted by atomic mass is 10.0. The summed E-state index contributed by atoms with van der Waals surface area (Å²) in [5.41, 5.74) is 1.39. The SMILES string of the molecule is CSc1ccc(Nc2ncnc(-c3ccc(OC4CCN(C(C)=O)CC4(F)F)c(C#N)c3)n2)cc1. The number of halogens is 2. The number of piperidine rings is 1. The molecule has 1 N–H and O–H groups in total. The number of carbonyl (C=O) groups is 1. The van der Waals surface area contributed by atoms with Gasteiger partial charge >= 0.3 is 5.92 Å². The van der Waals surface area contributed by atoms with Gasteiger partial charge in [0.1, 0.15) is 18.1 Å². The number of nitrogens with zero attached hydrogens (tertiary/aromatic N) is 5. The predicted octanol–water partition coefficient (Wildman–Crippen LogP) is 4.51. The van der Waals surface area contributed by atoms with Crippen LogP contribution in [0, 0.1) is 11.3 Å². The summed E-state index contributed by atoms with van der Waals surface area (Å²) in [6.07, 6.45) is 1.86. The van der Waals surface area contributed by atoms with E-state index >= 15 is 0 Å². The van der Waals surface area contributed by atoms with Crippen molar-refractivity contribution in [2.75, 3.05) is 24.7 Å². The third-order valence-corrected chi connectivity index (χ3v) is 6.27. The van der Waals surface area contributed by atoms with E-state index in [1.165, 1.54) is 25.4 Å². The molecule has 1 aromatic heterocycles. The first kappa shape index (κ1) is 24.3. The van der Waals surface area contributed by atoms with Crippen molar-refractivity contribution in [2.24, 2.45) is 0 Å². The van der Waals surface area contributed by atoms with Gasteiger partial charge in [-0.05, 0) is 48.7 Å². The van der Waals surface area contributed by atoms with E-state index in [0.717, 1.165) is 15.5 Å². The Kier molecular flexibility index (Phi) is 7.12. The van der Waals surface area contributed by atoms with Crippen molar-refractivity contribution in [1.82, 2.24) is 19.9 Å².